The lowest BCUT2D eigenvalue weighted by atomic mass is 10.0. The number of carboxylic acid groups (broad SMARTS) is 1. The van der Waals surface area contributed by atoms with Gasteiger partial charge in [-0.25, -0.2) is 4.79 Å². The molecule has 0 fully saturated rings. The molecule has 3 amide bonds. The van der Waals surface area contributed by atoms with Crippen LogP contribution in [-0.2, 0) is 25.7 Å². The van der Waals surface area contributed by atoms with Crippen LogP contribution in [0.2, 0.25) is 0 Å². The second kappa shape index (κ2) is 14.0. The second-order valence-electron chi connectivity index (χ2n) is 7.38. The number of ether oxygens (including phenoxy) is 1. The van der Waals surface area contributed by atoms with E-state index < -0.39 is 42.5 Å². The Bertz CT molecular complexity index is 726. The molecule has 1 aromatic carbocycles. The molecule has 1 aromatic rings. The number of carboxylic acids is 1. The van der Waals surface area contributed by atoms with E-state index in [9.17, 15) is 19.2 Å². The lowest BCUT2D eigenvalue weighted by Crippen LogP contribution is -2.55. The second-order valence-corrected chi connectivity index (χ2v) is 7.38. The Kier molecular flexibility index (Phi) is 11.7. The van der Waals surface area contributed by atoms with Gasteiger partial charge in [0.15, 0.2) is 0 Å². The number of hydrogen-bond donors (Lipinski definition) is 5. The maximum absolute atomic E-state index is 12.8. The summed E-state index contributed by atoms with van der Waals surface area (Å²) in [6.07, 6.45) is 0.752. The van der Waals surface area contributed by atoms with Crippen molar-refractivity contribution < 1.29 is 29.0 Å². The molecule has 0 saturated heterocycles. The third-order valence-electron chi connectivity index (χ3n) is 4.43. The van der Waals surface area contributed by atoms with Crippen molar-refractivity contribution in [3.05, 3.63) is 35.9 Å². The number of nitrogens with one attached hydrogen (secondary N) is 3. The number of rotatable bonds is 13. The van der Waals surface area contributed by atoms with Crippen molar-refractivity contribution in [3.63, 3.8) is 0 Å². The highest BCUT2D eigenvalue weighted by atomic mass is 16.5. The maximum Gasteiger partial charge on any atom is 0.408 e. The number of carbonyl (C=O) groups is 4. The molecule has 10 heteroatoms. The van der Waals surface area contributed by atoms with Gasteiger partial charge in [0.2, 0.25) is 11.8 Å². The molecule has 0 aliphatic rings. The third kappa shape index (κ3) is 10.4. The van der Waals surface area contributed by atoms with Crippen LogP contribution in [0.5, 0.6) is 0 Å². The molecule has 2 unspecified atom stereocenters. The zero-order valence-electron chi connectivity index (χ0n) is 17.9. The van der Waals surface area contributed by atoms with E-state index in [4.69, 9.17) is 15.6 Å². The minimum absolute atomic E-state index is 0.0540. The number of hydrogen-bond acceptors (Lipinski definition) is 6. The van der Waals surface area contributed by atoms with Crippen molar-refractivity contribution in [2.75, 3.05) is 13.1 Å². The minimum Gasteiger partial charge on any atom is -0.480 e. The predicted molar refractivity (Wildman–Crippen MR) is 114 cm³/mol. The van der Waals surface area contributed by atoms with Gasteiger partial charge >= 0.3 is 12.1 Å². The van der Waals surface area contributed by atoms with E-state index in [1.807, 2.05) is 30.3 Å². The van der Waals surface area contributed by atoms with Crippen molar-refractivity contribution >= 4 is 23.9 Å². The fourth-order valence-corrected chi connectivity index (χ4v) is 2.74. The Morgan fingerprint density at radius 2 is 1.71 bits per heavy atom. The molecule has 172 valence electrons. The molecule has 6 N–H and O–H groups in total. The van der Waals surface area contributed by atoms with E-state index >= 15 is 0 Å². The normalized spacial score (nSPS) is 12.5. The van der Waals surface area contributed by atoms with Gasteiger partial charge in [-0.15, -0.1) is 0 Å². The first-order valence-electron chi connectivity index (χ1n) is 10.2. The van der Waals surface area contributed by atoms with Crippen LogP contribution in [0, 0.1) is 5.92 Å². The first-order valence-corrected chi connectivity index (χ1v) is 10.2. The summed E-state index contributed by atoms with van der Waals surface area (Å²) in [5.74, 6) is -2.64. The van der Waals surface area contributed by atoms with E-state index in [0.717, 1.165) is 5.56 Å². The number of unbranched alkanes of at least 4 members (excludes halogenated alkanes) is 1. The third-order valence-corrected chi connectivity index (χ3v) is 4.43. The smallest absolute Gasteiger partial charge is 0.408 e. The van der Waals surface area contributed by atoms with Gasteiger partial charge in [0.1, 0.15) is 25.2 Å². The highest BCUT2D eigenvalue weighted by molar-refractivity contribution is 5.92. The molecule has 1 rings (SSSR count). The molecular formula is C21H32N4O6. The first-order chi connectivity index (χ1) is 14.7. The van der Waals surface area contributed by atoms with Crippen LogP contribution in [-0.4, -0.2) is 54.2 Å². The number of benzene rings is 1. The summed E-state index contributed by atoms with van der Waals surface area (Å²) < 4.78 is 5.17. The molecule has 0 heterocycles. The SMILES string of the molecule is CC(C)C(NC(=O)OCc1ccccc1)C(=O)NC(CCCCN)C(=O)NCC(=O)O. The van der Waals surface area contributed by atoms with Gasteiger partial charge in [0.05, 0.1) is 0 Å². The van der Waals surface area contributed by atoms with Gasteiger partial charge < -0.3 is 31.5 Å². The molecule has 10 nitrogen and oxygen atoms in total. The van der Waals surface area contributed by atoms with Crippen molar-refractivity contribution in [2.45, 2.75) is 51.8 Å². The van der Waals surface area contributed by atoms with Crippen LogP contribution in [0.1, 0.15) is 38.7 Å². The van der Waals surface area contributed by atoms with Crippen molar-refractivity contribution in [2.24, 2.45) is 11.7 Å². The number of aliphatic carboxylic acids is 1. The molecule has 31 heavy (non-hydrogen) atoms. The molecule has 0 aromatic heterocycles. The predicted octanol–water partition coefficient (Wildman–Crippen LogP) is 0.752. The monoisotopic (exact) mass is 436 g/mol. The summed E-state index contributed by atoms with van der Waals surface area (Å²) in [4.78, 5) is 48.0. The van der Waals surface area contributed by atoms with Gasteiger partial charge in [-0.2, -0.15) is 0 Å². The van der Waals surface area contributed by atoms with E-state index in [-0.39, 0.29) is 18.9 Å². The van der Waals surface area contributed by atoms with E-state index in [0.29, 0.717) is 19.4 Å². The highest BCUT2D eigenvalue weighted by Gasteiger charge is 2.29. The zero-order valence-corrected chi connectivity index (χ0v) is 17.9. The van der Waals surface area contributed by atoms with Crippen LogP contribution < -0.4 is 21.7 Å². The van der Waals surface area contributed by atoms with E-state index in [1.165, 1.54) is 0 Å². The van der Waals surface area contributed by atoms with Crippen LogP contribution in [0.4, 0.5) is 4.79 Å². The van der Waals surface area contributed by atoms with Crippen LogP contribution in [0.25, 0.3) is 0 Å². The quantitative estimate of drug-likeness (QED) is 0.285. The van der Waals surface area contributed by atoms with Crippen LogP contribution in [0.3, 0.4) is 0 Å². The fraction of sp³-hybridized carbons (Fsp3) is 0.524. The van der Waals surface area contributed by atoms with E-state index in [1.54, 1.807) is 13.8 Å². The Labute approximate surface area is 181 Å². The fourth-order valence-electron chi connectivity index (χ4n) is 2.74. The molecule has 0 bridgehead atoms. The molecular weight excluding hydrogens is 404 g/mol. The Morgan fingerprint density at radius 1 is 1.03 bits per heavy atom. The molecule has 0 spiro atoms. The molecule has 2 atom stereocenters. The average Bonchev–Trinajstić information content (AvgIpc) is 2.74. The molecule has 0 aliphatic carbocycles. The summed E-state index contributed by atoms with van der Waals surface area (Å²) in [5.41, 5.74) is 6.28. The topological polar surface area (TPSA) is 160 Å². The van der Waals surface area contributed by atoms with Crippen LogP contribution in [0.15, 0.2) is 30.3 Å². The highest BCUT2D eigenvalue weighted by Crippen LogP contribution is 2.07. The summed E-state index contributed by atoms with van der Waals surface area (Å²) in [7, 11) is 0. The maximum atomic E-state index is 12.8. The van der Waals surface area contributed by atoms with Gasteiger partial charge in [-0.3, -0.25) is 14.4 Å². The van der Waals surface area contributed by atoms with Crippen LogP contribution >= 0.6 is 0 Å². The minimum atomic E-state index is -1.19. The van der Waals surface area contributed by atoms with Crippen molar-refractivity contribution in [1.82, 2.24) is 16.0 Å². The zero-order chi connectivity index (χ0) is 23.2. The summed E-state index contributed by atoms with van der Waals surface area (Å²) >= 11 is 0. The van der Waals surface area contributed by atoms with Gasteiger partial charge in [-0.1, -0.05) is 44.2 Å². The van der Waals surface area contributed by atoms with Gasteiger partial charge in [-0.05, 0) is 37.3 Å². The molecule has 0 radical (unpaired) electrons. The number of nitrogens with two attached hydrogens (primary N) is 1. The lowest BCUT2D eigenvalue weighted by Gasteiger charge is -2.25. The molecule has 0 saturated carbocycles. The standard InChI is InChI=1S/C21H32N4O6/c1-14(2)18(25-21(30)31-13-15-8-4-3-5-9-15)20(29)24-16(10-6-7-11-22)19(28)23-12-17(26)27/h3-5,8-9,14,16,18H,6-7,10-13,22H2,1-2H3,(H,23,28)(H,24,29)(H,25,30)(H,26,27). The summed E-state index contributed by atoms with van der Waals surface area (Å²) in [5, 5.41) is 16.2. The van der Waals surface area contributed by atoms with E-state index in [2.05, 4.69) is 16.0 Å². The largest absolute Gasteiger partial charge is 0.480 e. The van der Waals surface area contributed by atoms with Gasteiger partial charge in [0, 0.05) is 0 Å². The molecule has 0 aliphatic heterocycles. The number of amides is 3. The Balaban J connectivity index is 2.71. The Morgan fingerprint density at radius 3 is 2.29 bits per heavy atom. The lowest BCUT2D eigenvalue weighted by molar-refractivity contribution is -0.138. The summed E-state index contributed by atoms with van der Waals surface area (Å²) in [6, 6.07) is 7.22. The van der Waals surface area contributed by atoms with Gasteiger partial charge in [0.25, 0.3) is 0 Å². The van der Waals surface area contributed by atoms with Crippen molar-refractivity contribution in [3.8, 4) is 0 Å². The Hall–Kier alpha value is -3.14. The van der Waals surface area contributed by atoms with Crippen molar-refractivity contribution in [1.29, 1.82) is 0 Å². The average molecular weight is 437 g/mol. The first kappa shape index (κ1) is 25.9. The number of alkyl carbamates (subject to hydrolysis) is 1. The number of carbonyl (C=O) groups excluding carboxylic acids is 3. The summed E-state index contributed by atoms with van der Waals surface area (Å²) in [6.45, 7) is 3.42.